The molecule has 0 unspecified atom stereocenters. The lowest BCUT2D eigenvalue weighted by Gasteiger charge is -2.38. The van der Waals surface area contributed by atoms with Crippen molar-refractivity contribution in [1.29, 1.82) is 0 Å². The second kappa shape index (κ2) is 16.4. The van der Waals surface area contributed by atoms with Crippen molar-refractivity contribution in [2.24, 2.45) is 0 Å². The molecule has 0 amide bonds. The molecule has 6 rings (SSSR count). The van der Waals surface area contributed by atoms with Crippen molar-refractivity contribution in [3.05, 3.63) is 137 Å². The van der Waals surface area contributed by atoms with Crippen LogP contribution in [0, 0.1) is 6.92 Å². The molecule has 3 heteroatoms. The van der Waals surface area contributed by atoms with Crippen molar-refractivity contribution >= 4 is 27.2 Å². The minimum absolute atomic E-state index is 0.0498. The minimum atomic E-state index is -2.39. The molecule has 0 bridgehead atoms. The molecule has 0 radical (unpaired) electrons. The van der Waals surface area contributed by atoms with Gasteiger partial charge < -0.3 is 4.74 Å². The Hall–Kier alpha value is -3.93. The number of benzene rings is 5. The molecule has 0 aromatic heterocycles. The van der Waals surface area contributed by atoms with Crippen LogP contribution in [0.2, 0.25) is 26.2 Å². The lowest BCUT2D eigenvalue weighted by molar-refractivity contribution is 0.354. The molecule has 0 saturated heterocycles. The molecular weight excluding hydrogens is 685 g/mol. The SMILES string of the molecule is C=CCOc1c([Si](C)(C)C2c3cc(-c4cccc(CCCC)c4)ccc3-c3ccc(-c4cccc(CCCC)c4)cc32)cc(C)c([SiH](C)C)c1C(C)(C)C. The number of rotatable bonds is 14. The predicted octanol–water partition coefficient (Wildman–Crippen LogP) is 12.8. The predicted molar refractivity (Wildman–Crippen MR) is 243 cm³/mol. The summed E-state index contributed by atoms with van der Waals surface area (Å²) >= 11 is 0. The standard InChI is InChI=1S/C51H64OSi2/c1-12-15-19-36-21-17-23-38(31-36)40-25-27-42-43-28-26-41(39-24-18-22-37(32-39)20-16-13-2)34-45(43)50(44(42)33-40)54(10,11)46-30-35(4)49(53(8)9)47(51(5,6)7)48(46)52-29-14-3/h14,17-18,21-28,30-34,50,53H,3,12-13,15-16,19-20,29H2,1-2,4-11H3. The van der Waals surface area contributed by atoms with E-state index in [0.717, 1.165) is 18.6 Å². The summed E-state index contributed by atoms with van der Waals surface area (Å²) in [6.45, 7) is 28.8. The monoisotopic (exact) mass is 748 g/mol. The highest BCUT2D eigenvalue weighted by Gasteiger charge is 2.45. The first-order valence-corrected chi connectivity index (χ1v) is 26.7. The Labute approximate surface area is 330 Å². The molecule has 5 aromatic carbocycles. The molecule has 1 aliphatic rings. The summed E-state index contributed by atoms with van der Waals surface area (Å²) in [6, 6.07) is 35.8. The average molecular weight is 749 g/mol. The van der Waals surface area contributed by atoms with Gasteiger partial charge in [0.25, 0.3) is 0 Å². The Morgan fingerprint density at radius 3 is 1.67 bits per heavy atom. The van der Waals surface area contributed by atoms with Gasteiger partial charge in [0, 0.05) is 5.54 Å². The summed E-state index contributed by atoms with van der Waals surface area (Å²) in [5.41, 5.74) is 16.9. The van der Waals surface area contributed by atoms with Crippen LogP contribution in [0.4, 0.5) is 0 Å². The smallest absolute Gasteiger partial charge is 0.122 e. The first-order chi connectivity index (χ1) is 25.8. The molecule has 0 heterocycles. The van der Waals surface area contributed by atoms with Gasteiger partial charge in [-0.05, 0) is 104 Å². The number of hydrogen-bond acceptors (Lipinski definition) is 1. The number of hydrogen-bond donors (Lipinski definition) is 0. The van der Waals surface area contributed by atoms with Gasteiger partial charge in [0.2, 0.25) is 0 Å². The lowest BCUT2D eigenvalue weighted by Crippen LogP contribution is -2.51. The van der Waals surface area contributed by atoms with E-state index in [1.54, 1.807) is 5.19 Å². The van der Waals surface area contributed by atoms with Crippen molar-refractivity contribution in [1.82, 2.24) is 0 Å². The van der Waals surface area contributed by atoms with Crippen LogP contribution in [-0.2, 0) is 18.3 Å². The molecule has 1 nitrogen and oxygen atoms in total. The van der Waals surface area contributed by atoms with E-state index < -0.39 is 16.9 Å². The molecule has 0 aliphatic heterocycles. The maximum atomic E-state index is 6.93. The zero-order valence-electron chi connectivity index (χ0n) is 35.0. The minimum Gasteiger partial charge on any atom is -0.489 e. The van der Waals surface area contributed by atoms with E-state index in [1.165, 1.54) is 97.6 Å². The summed E-state index contributed by atoms with van der Waals surface area (Å²) in [6.07, 6.45) is 9.04. The van der Waals surface area contributed by atoms with Crippen LogP contribution in [0.15, 0.2) is 104 Å². The molecule has 5 aromatic rings. The Kier molecular flexibility index (Phi) is 12.1. The Morgan fingerprint density at radius 2 is 1.22 bits per heavy atom. The fourth-order valence-electron chi connectivity index (χ4n) is 9.20. The highest BCUT2D eigenvalue weighted by molar-refractivity contribution is 6.92. The van der Waals surface area contributed by atoms with Crippen molar-refractivity contribution in [2.45, 2.75) is 117 Å². The third-order valence-electron chi connectivity index (χ3n) is 11.8. The Morgan fingerprint density at radius 1 is 0.722 bits per heavy atom. The van der Waals surface area contributed by atoms with Crippen LogP contribution < -0.4 is 15.1 Å². The highest BCUT2D eigenvalue weighted by Crippen LogP contribution is 2.52. The fraction of sp³-hybridized carbons (Fsp3) is 0.373. The molecule has 0 fully saturated rings. The summed E-state index contributed by atoms with van der Waals surface area (Å²) < 4.78 is 6.93. The van der Waals surface area contributed by atoms with Gasteiger partial charge >= 0.3 is 0 Å². The van der Waals surface area contributed by atoms with Gasteiger partial charge in [-0.1, -0.05) is 188 Å². The van der Waals surface area contributed by atoms with E-state index in [1.807, 2.05) is 6.08 Å². The van der Waals surface area contributed by atoms with Gasteiger partial charge in [0.05, 0.1) is 16.9 Å². The van der Waals surface area contributed by atoms with Crippen LogP contribution in [-0.4, -0.2) is 23.5 Å². The van der Waals surface area contributed by atoms with Gasteiger partial charge in [-0.15, -0.1) is 0 Å². The second-order valence-corrected chi connectivity index (χ2v) is 25.2. The molecule has 0 atom stereocenters. The van der Waals surface area contributed by atoms with Gasteiger partial charge in [-0.2, -0.15) is 0 Å². The summed E-state index contributed by atoms with van der Waals surface area (Å²) in [5, 5.41) is 3.01. The number of aryl methyl sites for hydroxylation is 3. The third-order valence-corrected chi connectivity index (χ3v) is 17.5. The fourth-order valence-corrected chi connectivity index (χ4v) is 15.1. The third kappa shape index (κ3) is 7.91. The molecule has 0 N–H and O–H groups in total. The van der Waals surface area contributed by atoms with Crippen molar-refractivity contribution < 1.29 is 4.74 Å². The molecular formula is C51H64OSi2. The van der Waals surface area contributed by atoms with Crippen LogP contribution >= 0.6 is 0 Å². The topological polar surface area (TPSA) is 9.23 Å². The molecule has 0 spiro atoms. The van der Waals surface area contributed by atoms with Crippen molar-refractivity contribution in [2.75, 3.05) is 6.61 Å². The van der Waals surface area contributed by atoms with Crippen LogP contribution in [0.3, 0.4) is 0 Å². The van der Waals surface area contributed by atoms with Crippen LogP contribution in [0.5, 0.6) is 5.75 Å². The molecule has 282 valence electrons. The van der Waals surface area contributed by atoms with Crippen LogP contribution in [0.25, 0.3) is 33.4 Å². The largest absolute Gasteiger partial charge is 0.489 e. The number of ether oxygens (including phenoxy) is 1. The first kappa shape index (κ1) is 39.8. The van der Waals surface area contributed by atoms with E-state index in [9.17, 15) is 0 Å². The molecule has 54 heavy (non-hydrogen) atoms. The summed E-state index contributed by atoms with van der Waals surface area (Å²) in [7, 11) is -3.57. The van der Waals surface area contributed by atoms with Gasteiger partial charge in [0.1, 0.15) is 12.4 Å². The normalized spacial score (nSPS) is 12.9. The Balaban J connectivity index is 1.60. The average Bonchev–Trinajstić information content (AvgIpc) is 3.48. The maximum Gasteiger partial charge on any atom is 0.122 e. The zero-order chi connectivity index (χ0) is 38.8. The van der Waals surface area contributed by atoms with E-state index >= 15 is 0 Å². The lowest BCUT2D eigenvalue weighted by atomic mass is 9.85. The molecule has 1 aliphatic carbocycles. The van der Waals surface area contributed by atoms with E-state index in [0.29, 0.717) is 6.61 Å². The quantitative estimate of drug-likeness (QED) is 0.0812. The Bertz CT molecular complexity index is 2030. The molecule has 0 saturated carbocycles. The van der Waals surface area contributed by atoms with Gasteiger partial charge in [-0.25, -0.2) is 0 Å². The summed E-state index contributed by atoms with van der Waals surface area (Å²) in [5.74, 6) is 1.13. The van der Waals surface area contributed by atoms with Crippen LogP contribution in [0.1, 0.15) is 99.2 Å². The van der Waals surface area contributed by atoms with E-state index in [2.05, 4.69) is 165 Å². The van der Waals surface area contributed by atoms with E-state index in [-0.39, 0.29) is 11.0 Å². The zero-order valence-corrected chi connectivity index (χ0v) is 37.1. The second-order valence-electron chi connectivity index (χ2n) is 17.7. The summed E-state index contributed by atoms with van der Waals surface area (Å²) in [4.78, 5) is 0. The first-order valence-electron chi connectivity index (χ1n) is 20.7. The maximum absolute atomic E-state index is 6.93. The van der Waals surface area contributed by atoms with Crippen molar-refractivity contribution in [3.63, 3.8) is 0 Å². The van der Waals surface area contributed by atoms with Gasteiger partial charge in [0.15, 0.2) is 0 Å². The van der Waals surface area contributed by atoms with E-state index in [4.69, 9.17) is 4.74 Å². The number of unbranched alkanes of at least 4 members (excludes halogenated alkanes) is 2. The number of fused-ring (bicyclic) bond motifs is 3. The highest BCUT2D eigenvalue weighted by atomic mass is 28.3. The van der Waals surface area contributed by atoms with Gasteiger partial charge in [-0.3, -0.25) is 0 Å². The van der Waals surface area contributed by atoms with Crippen molar-refractivity contribution in [3.8, 4) is 39.1 Å².